The van der Waals surface area contributed by atoms with Crippen molar-refractivity contribution >= 4 is 76.6 Å². The van der Waals surface area contributed by atoms with Crippen LogP contribution in [0.3, 0.4) is 0 Å². The van der Waals surface area contributed by atoms with Crippen molar-refractivity contribution in [3.05, 3.63) is 199 Å². The Kier molecular flexibility index (Phi) is 6.14. The van der Waals surface area contributed by atoms with Gasteiger partial charge in [-0.1, -0.05) is 152 Å². The minimum absolute atomic E-state index is 0.0832. The molecule has 0 saturated heterocycles. The molecule has 54 heavy (non-hydrogen) atoms. The Morgan fingerprint density at radius 1 is 0.426 bits per heavy atom. The second-order valence-corrected chi connectivity index (χ2v) is 14.7. The molecule has 1 aliphatic carbocycles. The summed E-state index contributed by atoms with van der Waals surface area (Å²) in [6, 6.07) is 64.8. The van der Waals surface area contributed by atoms with E-state index in [4.69, 9.17) is 4.98 Å². The van der Waals surface area contributed by atoms with Gasteiger partial charge in [0.1, 0.15) is 5.65 Å². The average molecular weight is 685 g/mol. The van der Waals surface area contributed by atoms with Crippen LogP contribution < -0.4 is 0 Å². The van der Waals surface area contributed by atoms with E-state index in [0.29, 0.717) is 0 Å². The van der Waals surface area contributed by atoms with E-state index < -0.39 is 0 Å². The lowest BCUT2D eigenvalue weighted by Gasteiger charge is -2.21. The van der Waals surface area contributed by atoms with Crippen molar-refractivity contribution in [2.24, 2.45) is 0 Å². The maximum Gasteiger partial charge on any atom is 0.146 e. The average Bonchev–Trinajstić information content (AvgIpc) is 3.85. The van der Waals surface area contributed by atoms with Crippen LogP contribution >= 0.6 is 0 Å². The van der Waals surface area contributed by atoms with Crippen LogP contribution in [0.25, 0.3) is 98.9 Å². The van der Waals surface area contributed by atoms with Crippen LogP contribution in [0.5, 0.6) is 0 Å². The number of aromatic nitrogens is 2. The number of allylic oxidation sites excluding steroid dienone is 1. The smallest absolute Gasteiger partial charge is 0.146 e. The van der Waals surface area contributed by atoms with E-state index in [-0.39, 0.29) is 5.92 Å². The predicted molar refractivity (Wildman–Crippen MR) is 228 cm³/mol. The Balaban J connectivity index is 1.17. The van der Waals surface area contributed by atoms with Crippen molar-refractivity contribution < 1.29 is 0 Å². The molecular formula is C52H32N2. The molecule has 2 aromatic heterocycles. The molecule has 1 unspecified atom stereocenters. The number of para-hydroxylation sites is 2. The summed E-state index contributed by atoms with van der Waals surface area (Å²) in [5.74, 6) is 0.0832. The number of hydrogen-bond donors (Lipinski definition) is 0. The van der Waals surface area contributed by atoms with E-state index in [0.717, 1.165) is 16.7 Å². The van der Waals surface area contributed by atoms with E-state index in [1.54, 1.807) is 0 Å². The van der Waals surface area contributed by atoms with Gasteiger partial charge in [0.25, 0.3) is 0 Å². The Labute approximate surface area is 311 Å². The summed E-state index contributed by atoms with van der Waals surface area (Å²) in [6.45, 7) is 0. The maximum atomic E-state index is 5.14. The summed E-state index contributed by atoms with van der Waals surface area (Å²) >= 11 is 0. The molecule has 0 fully saturated rings. The first-order chi connectivity index (χ1) is 26.8. The molecule has 250 valence electrons. The third-order valence-corrected chi connectivity index (χ3v) is 11.8. The third-order valence-electron chi connectivity index (χ3n) is 11.8. The van der Waals surface area contributed by atoms with Gasteiger partial charge in [0, 0.05) is 11.3 Å². The van der Waals surface area contributed by atoms with Crippen LogP contribution in [-0.4, -0.2) is 9.38 Å². The highest BCUT2D eigenvalue weighted by Gasteiger charge is 2.28. The van der Waals surface area contributed by atoms with Crippen LogP contribution in [0.1, 0.15) is 22.7 Å². The van der Waals surface area contributed by atoms with Crippen molar-refractivity contribution in [1.82, 2.24) is 9.38 Å². The van der Waals surface area contributed by atoms with Gasteiger partial charge < -0.3 is 0 Å². The van der Waals surface area contributed by atoms with Crippen molar-refractivity contribution in [3.63, 3.8) is 0 Å². The maximum absolute atomic E-state index is 5.14. The van der Waals surface area contributed by atoms with Crippen molar-refractivity contribution in [1.29, 1.82) is 0 Å². The molecule has 9 aromatic carbocycles. The molecule has 0 bridgehead atoms. The first kappa shape index (κ1) is 29.5. The van der Waals surface area contributed by atoms with Gasteiger partial charge >= 0.3 is 0 Å². The molecule has 1 atom stereocenters. The van der Waals surface area contributed by atoms with Gasteiger partial charge in [0.05, 0.1) is 16.7 Å². The highest BCUT2D eigenvalue weighted by atomic mass is 15.0. The van der Waals surface area contributed by atoms with Crippen LogP contribution in [0.4, 0.5) is 0 Å². The zero-order valence-electron chi connectivity index (χ0n) is 29.4. The fourth-order valence-electron chi connectivity index (χ4n) is 9.38. The second kappa shape index (κ2) is 11.2. The first-order valence-electron chi connectivity index (χ1n) is 18.8. The zero-order valence-corrected chi connectivity index (χ0v) is 29.4. The van der Waals surface area contributed by atoms with Gasteiger partial charge in [0.2, 0.25) is 0 Å². The molecule has 0 N–H and O–H groups in total. The first-order valence-corrected chi connectivity index (χ1v) is 18.8. The normalized spacial score (nSPS) is 14.0. The summed E-state index contributed by atoms with van der Waals surface area (Å²) in [7, 11) is 0. The molecule has 2 heteroatoms. The number of benzene rings is 9. The Morgan fingerprint density at radius 3 is 1.69 bits per heavy atom. The molecule has 1 aliphatic rings. The van der Waals surface area contributed by atoms with E-state index in [2.05, 4.69) is 192 Å². The van der Waals surface area contributed by atoms with Crippen LogP contribution in [0, 0.1) is 0 Å². The molecule has 2 heterocycles. The molecule has 0 aliphatic heterocycles. The molecular weight excluding hydrogens is 653 g/mol. The number of pyridine rings is 1. The van der Waals surface area contributed by atoms with Crippen molar-refractivity contribution in [2.45, 2.75) is 5.92 Å². The fourth-order valence-corrected chi connectivity index (χ4v) is 9.38. The standard InChI is InChI=1S/C52H32N2/c1-3-13-34-29-37(23-21-32(34)11-1)49-40-15-5-6-16-41(40)50(38-24-22-33-12-2-4-14-35(33)30-38)45-31-36(25-26-43(45)49)39-27-28-48-51(39)42-17-7-8-18-44(42)52-53-46-19-9-10-20-47(46)54(48)52/h1-31,39H. The molecule has 0 amide bonds. The van der Waals surface area contributed by atoms with Crippen LogP contribution in [0.15, 0.2) is 182 Å². The lowest BCUT2D eigenvalue weighted by Crippen LogP contribution is -2.02. The monoisotopic (exact) mass is 684 g/mol. The molecule has 12 rings (SSSR count). The number of fused-ring (bicyclic) bond motifs is 12. The number of hydrogen-bond acceptors (Lipinski definition) is 1. The van der Waals surface area contributed by atoms with Gasteiger partial charge in [-0.2, -0.15) is 0 Å². The Hall–Kier alpha value is -7.03. The minimum Gasteiger partial charge on any atom is -0.292 e. The van der Waals surface area contributed by atoms with E-state index >= 15 is 0 Å². The summed E-state index contributed by atoms with van der Waals surface area (Å²) < 4.78 is 2.37. The molecule has 0 spiro atoms. The van der Waals surface area contributed by atoms with Gasteiger partial charge in [-0.15, -0.1) is 0 Å². The number of rotatable bonds is 3. The lowest BCUT2D eigenvalue weighted by molar-refractivity contribution is 1.04. The highest BCUT2D eigenvalue weighted by molar-refractivity contribution is 6.22. The summed E-state index contributed by atoms with van der Waals surface area (Å²) in [6.07, 6.45) is 4.72. The zero-order chi connectivity index (χ0) is 35.3. The van der Waals surface area contributed by atoms with Crippen molar-refractivity contribution in [2.75, 3.05) is 0 Å². The Morgan fingerprint density at radius 2 is 0.981 bits per heavy atom. The summed E-state index contributed by atoms with van der Waals surface area (Å²) in [5.41, 5.74) is 12.0. The van der Waals surface area contributed by atoms with Gasteiger partial charge in [0.15, 0.2) is 0 Å². The van der Waals surface area contributed by atoms with E-state index in [1.165, 1.54) is 92.9 Å². The summed E-state index contributed by atoms with van der Waals surface area (Å²) in [5, 5.41) is 12.5. The molecule has 0 radical (unpaired) electrons. The second-order valence-electron chi connectivity index (χ2n) is 14.7. The summed E-state index contributed by atoms with van der Waals surface area (Å²) in [4.78, 5) is 5.14. The minimum atomic E-state index is 0.0832. The predicted octanol–water partition coefficient (Wildman–Crippen LogP) is 13.7. The largest absolute Gasteiger partial charge is 0.292 e. The molecule has 0 saturated carbocycles. The van der Waals surface area contributed by atoms with Gasteiger partial charge in [-0.3, -0.25) is 4.40 Å². The van der Waals surface area contributed by atoms with Gasteiger partial charge in [-0.05, 0) is 118 Å². The molecule has 11 aromatic rings. The number of nitrogens with zero attached hydrogens (tertiary/aromatic N) is 2. The van der Waals surface area contributed by atoms with E-state index in [9.17, 15) is 0 Å². The Bertz CT molecular complexity index is 3400. The van der Waals surface area contributed by atoms with Crippen LogP contribution in [0.2, 0.25) is 0 Å². The third kappa shape index (κ3) is 4.19. The van der Waals surface area contributed by atoms with E-state index in [1.807, 2.05) is 0 Å². The topological polar surface area (TPSA) is 17.3 Å². The van der Waals surface area contributed by atoms with Crippen LogP contribution in [-0.2, 0) is 0 Å². The number of imidazole rings is 1. The lowest BCUT2D eigenvalue weighted by atomic mass is 9.82. The SMILES string of the molecule is C1=CC(c2ccc3c(-c4ccc5ccccc5c4)c4ccccc4c(-c4ccc5ccccc5c4)c3c2)c2c1n1c3ccccc3nc1c1ccccc21. The fraction of sp³-hybridized carbons (Fsp3) is 0.0192. The quantitative estimate of drug-likeness (QED) is 0.169. The van der Waals surface area contributed by atoms with Gasteiger partial charge in [-0.25, -0.2) is 4.98 Å². The molecule has 2 nitrogen and oxygen atoms in total. The highest BCUT2D eigenvalue weighted by Crippen LogP contribution is 2.48. The van der Waals surface area contributed by atoms with Crippen molar-refractivity contribution in [3.8, 4) is 22.3 Å².